The van der Waals surface area contributed by atoms with E-state index in [1.807, 2.05) is 0 Å². The summed E-state index contributed by atoms with van der Waals surface area (Å²) in [5, 5.41) is 0. The van der Waals surface area contributed by atoms with E-state index in [1.54, 1.807) is 0 Å². The molecule has 2 heteroatoms. The molecule has 1 aromatic carbocycles. The highest BCUT2D eigenvalue weighted by atomic mass is 15.3. The highest BCUT2D eigenvalue weighted by Gasteiger charge is 2.18. The molecule has 0 amide bonds. The van der Waals surface area contributed by atoms with Gasteiger partial charge in [-0.1, -0.05) is 38.1 Å². The van der Waals surface area contributed by atoms with E-state index in [4.69, 9.17) is 0 Å². The summed E-state index contributed by atoms with van der Waals surface area (Å²) < 4.78 is 0. The molecule has 0 aliphatic carbocycles. The van der Waals surface area contributed by atoms with Crippen molar-refractivity contribution in [3.8, 4) is 0 Å². The lowest BCUT2D eigenvalue weighted by atomic mass is 9.99. The quantitative estimate of drug-likeness (QED) is 0.812. The molecule has 1 aromatic rings. The molecule has 0 bridgehead atoms. The van der Waals surface area contributed by atoms with Gasteiger partial charge in [0.25, 0.3) is 0 Å². The second kappa shape index (κ2) is 7.24. The smallest absolute Gasteiger partial charge is 0.0113 e. The molecule has 0 saturated carbocycles. The van der Waals surface area contributed by atoms with E-state index in [9.17, 15) is 0 Å². The first-order valence-corrected chi connectivity index (χ1v) is 8.11. The summed E-state index contributed by atoms with van der Waals surface area (Å²) in [5.41, 5.74) is 2.95. The van der Waals surface area contributed by atoms with Crippen LogP contribution in [0.1, 0.15) is 44.7 Å². The lowest BCUT2D eigenvalue weighted by Gasteiger charge is -2.36. The van der Waals surface area contributed by atoms with Crippen LogP contribution >= 0.6 is 0 Å². The van der Waals surface area contributed by atoms with Crippen LogP contribution in [0, 0.1) is 0 Å². The van der Waals surface area contributed by atoms with Crippen LogP contribution in [-0.4, -0.2) is 48.6 Å². The summed E-state index contributed by atoms with van der Waals surface area (Å²) in [6.07, 6.45) is 1.18. The SMILES string of the molecule is CC(C)c1cccc(CCN2CCN(C(C)C)CC2)c1. The Kier molecular flexibility index (Phi) is 5.62. The fourth-order valence-electron chi connectivity index (χ4n) is 2.90. The van der Waals surface area contributed by atoms with E-state index in [0.717, 1.165) is 0 Å². The van der Waals surface area contributed by atoms with Crippen LogP contribution in [0.15, 0.2) is 24.3 Å². The Morgan fingerprint density at radius 3 is 2.30 bits per heavy atom. The minimum Gasteiger partial charge on any atom is -0.300 e. The number of rotatable bonds is 5. The maximum atomic E-state index is 2.61. The van der Waals surface area contributed by atoms with Gasteiger partial charge in [0.2, 0.25) is 0 Å². The molecule has 0 spiro atoms. The van der Waals surface area contributed by atoms with Crippen molar-refractivity contribution in [1.82, 2.24) is 9.80 Å². The summed E-state index contributed by atoms with van der Waals surface area (Å²) >= 11 is 0. The normalized spacial score (nSPS) is 18.1. The van der Waals surface area contributed by atoms with Gasteiger partial charge in [0, 0.05) is 38.8 Å². The van der Waals surface area contributed by atoms with Gasteiger partial charge in [0.05, 0.1) is 0 Å². The van der Waals surface area contributed by atoms with Crippen molar-refractivity contribution in [2.45, 2.75) is 46.1 Å². The first-order valence-electron chi connectivity index (χ1n) is 8.11. The molecule has 2 nitrogen and oxygen atoms in total. The fraction of sp³-hybridized carbons (Fsp3) is 0.667. The molecule has 1 saturated heterocycles. The Morgan fingerprint density at radius 2 is 1.70 bits per heavy atom. The second-order valence-corrected chi connectivity index (χ2v) is 6.62. The highest BCUT2D eigenvalue weighted by molar-refractivity contribution is 5.25. The van der Waals surface area contributed by atoms with Gasteiger partial charge in [-0.3, -0.25) is 4.90 Å². The van der Waals surface area contributed by atoms with Crippen LogP contribution in [0.5, 0.6) is 0 Å². The molecule has 0 unspecified atom stereocenters. The molecule has 0 radical (unpaired) electrons. The van der Waals surface area contributed by atoms with Crippen LogP contribution in [0.4, 0.5) is 0 Å². The number of nitrogens with zero attached hydrogens (tertiary/aromatic N) is 2. The molecule has 0 N–H and O–H groups in total. The molecule has 2 rings (SSSR count). The highest BCUT2D eigenvalue weighted by Crippen LogP contribution is 2.16. The van der Waals surface area contributed by atoms with Crippen molar-refractivity contribution in [2.75, 3.05) is 32.7 Å². The van der Waals surface area contributed by atoms with Gasteiger partial charge in [-0.2, -0.15) is 0 Å². The summed E-state index contributed by atoms with van der Waals surface area (Å²) in [6, 6.07) is 9.81. The summed E-state index contributed by atoms with van der Waals surface area (Å²) in [4.78, 5) is 5.19. The van der Waals surface area contributed by atoms with E-state index >= 15 is 0 Å². The van der Waals surface area contributed by atoms with E-state index in [2.05, 4.69) is 61.8 Å². The van der Waals surface area contributed by atoms with Gasteiger partial charge in [-0.05, 0) is 37.3 Å². The molecule has 0 atom stereocenters. The standard InChI is InChI=1S/C18H30N2/c1-15(2)18-7-5-6-17(14-18)8-9-19-10-12-20(13-11-19)16(3)4/h5-7,14-16H,8-13H2,1-4H3. The molecule has 0 aromatic heterocycles. The number of hydrogen-bond donors (Lipinski definition) is 0. The zero-order valence-corrected chi connectivity index (χ0v) is 13.6. The lowest BCUT2D eigenvalue weighted by Crippen LogP contribution is -2.49. The van der Waals surface area contributed by atoms with Crippen LogP contribution in [0.2, 0.25) is 0 Å². The minimum atomic E-state index is 0.629. The molecular formula is C18H30N2. The van der Waals surface area contributed by atoms with E-state index in [1.165, 1.54) is 50.3 Å². The van der Waals surface area contributed by atoms with Crippen molar-refractivity contribution < 1.29 is 0 Å². The maximum absolute atomic E-state index is 2.61. The molecule has 1 fully saturated rings. The van der Waals surface area contributed by atoms with E-state index in [0.29, 0.717) is 12.0 Å². The van der Waals surface area contributed by atoms with Crippen molar-refractivity contribution >= 4 is 0 Å². The van der Waals surface area contributed by atoms with Crippen LogP contribution in [-0.2, 0) is 6.42 Å². The Labute approximate surface area is 124 Å². The van der Waals surface area contributed by atoms with Crippen LogP contribution in [0.25, 0.3) is 0 Å². The number of hydrogen-bond acceptors (Lipinski definition) is 2. The third kappa shape index (κ3) is 4.32. The van der Waals surface area contributed by atoms with Gasteiger partial charge in [-0.15, -0.1) is 0 Å². The predicted molar refractivity (Wildman–Crippen MR) is 87.4 cm³/mol. The Bertz CT molecular complexity index is 404. The summed E-state index contributed by atoms with van der Waals surface area (Å²) in [6.45, 7) is 15.2. The van der Waals surface area contributed by atoms with Crippen molar-refractivity contribution in [2.24, 2.45) is 0 Å². The van der Waals surface area contributed by atoms with Crippen molar-refractivity contribution in [1.29, 1.82) is 0 Å². The minimum absolute atomic E-state index is 0.629. The summed E-state index contributed by atoms with van der Waals surface area (Å²) in [5.74, 6) is 0.629. The zero-order valence-electron chi connectivity index (χ0n) is 13.6. The molecule has 1 heterocycles. The average molecular weight is 274 g/mol. The first-order chi connectivity index (χ1) is 9.56. The van der Waals surface area contributed by atoms with Crippen LogP contribution in [0.3, 0.4) is 0 Å². The van der Waals surface area contributed by atoms with Crippen molar-refractivity contribution in [3.05, 3.63) is 35.4 Å². The Morgan fingerprint density at radius 1 is 1.00 bits per heavy atom. The largest absolute Gasteiger partial charge is 0.300 e. The first kappa shape index (κ1) is 15.5. The molecular weight excluding hydrogens is 244 g/mol. The average Bonchev–Trinajstić information content (AvgIpc) is 2.46. The molecule has 1 aliphatic rings. The van der Waals surface area contributed by atoms with Gasteiger partial charge in [0.1, 0.15) is 0 Å². The zero-order chi connectivity index (χ0) is 14.5. The van der Waals surface area contributed by atoms with E-state index < -0.39 is 0 Å². The molecule has 20 heavy (non-hydrogen) atoms. The van der Waals surface area contributed by atoms with Crippen molar-refractivity contribution in [3.63, 3.8) is 0 Å². The number of benzene rings is 1. The maximum Gasteiger partial charge on any atom is 0.0113 e. The van der Waals surface area contributed by atoms with Gasteiger partial charge >= 0.3 is 0 Å². The second-order valence-electron chi connectivity index (χ2n) is 6.62. The number of piperazine rings is 1. The monoisotopic (exact) mass is 274 g/mol. The Balaban J connectivity index is 1.80. The van der Waals surface area contributed by atoms with E-state index in [-0.39, 0.29) is 0 Å². The third-order valence-corrected chi connectivity index (χ3v) is 4.47. The topological polar surface area (TPSA) is 6.48 Å². The summed E-state index contributed by atoms with van der Waals surface area (Å²) in [7, 11) is 0. The third-order valence-electron chi connectivity index (χ3n) is 4.47. The lowest BCUT2D eigenvalue weighted by molar-refractivity contribution is 0.109. The van der Waals surface area contributed by atoms with Crippen LogP contribution < -0.4 is 0 Å². The fourth-order valence-corrected chi connectivity index (χ4v) is 2.90. The predicted octanol–water partition coefficient (Wildman–Crippen LogP) is 3.38. The molecule has 1 aliphatic heterocycles. The Hall–Kier alpha value is -0.860. The molecule has 112 valence electrons. The van der Waals surface area contributed by atoms with Gasteiger partial charge in [-0.25, -0.2) is 0 Å². The van der Waals surface area contributed by atoms with Gasteiger partial charge < -0.3 is 4.90 Å². The van der Waals surface area contributed by atoms with Gasteiger partial charge in [0.15, 0.2) is 0 Å².